The third-order valence-electron chi connectivity index (χ3n) is 5.32. The molecule has 0 bridgehead atoms. The molecule has 3 aromatic carbocycles. The van der Waals surface area contributed by atoms with Gasteiger partial charge < -0.3 is 4.84 Å². The van der Waals surface area contributed by atoms with Crippen molar-refractivity contribution >= 4 is 17.8 Å². The van der Waals surface area contributed by atoms with E-state index in [-0.39, 0.29) is 19.4 Å². The summed E-state index contributed by atoms with van der Waals surface area (Å²) in [5.74, 6) is -1.71. The summed E-state index contributed by atoms with van der Waals surface area (Å²) in [6.45, 7) is -0.213. The lowest BCUT2D eigenvalue weighted by molar-refractivity contribution is -0.196. The second-order valence-electron chi connectivity index (χ2n) is 7.25. The van der Waals surface area contributed by atoms with Gasteiger partial charge in [-0.2, -0.15) is 0 Å². The summed E-state index contributed by atoms with van der Waals surface area (Å²) in [5.41, 5.74) is 1.97. The highest BCUT2D eigenvalue weighted by Crippen LogP contribution is 2.36. The predicted molar refractivity (Wildman–Crippen MR) is 114 cm³/mol. The van der Waals surface area contributed by atoms with Gasteiger partial charge in [-0.25, -0.2) is 4.79 Å². The lowest BCUT2D eigenvalue weighted by atomic mass is 9.77. The van der Waals surface area contributed by atoms with E-state index >= 15 is 0 Å². The molecule has 0 aliphatic carbocycles. The van der Waals surface area contributed by atoms with Crippen LogP contribution in [0.5, 0.6) is 0 Å². The van der Waals surface area contributed by atoms with E-state index in [4.69, 9.17) is 4.84 Å². The van der Waals surface area contributed by atoms with Crippen molar-refractivity contribution in [1.29, 1.82) is 0 Å². The van der Waals surface area contributed by atoms with Gasteiger partial charge in [0.05, 0.1) is 12.1 Å². The summed E-state index contributed by atoms with van der Waals surface area (Å²) in [5, 5.41) is 3.93. The standard InChI is InChI=1S/C25H22N2O4/c28-22-16-17-23(29)27(22)31-24(30)18-26-25(19-10-4-1-5-11-19,20-12-6-2-7-13-20)21-14-8-3-9-15-21/h1-15,26H,16-18H2. The number of hydrogen-bond donors (Lipinski definition) is 1. The summed E-state index contributed by atoms with van der Waals surface area (Å²) < 4.78 is 0. The van der Waals surface area contributed by atoms with Gasteiger partial charge in [0, 0.05) is 12.8 Å². The van der Waals surface area contributed by atoms with Crippen LogP contribution in [0.2, 0.25) is 0 Å². The minimum atomic E-state index is -0.845. The molecule has 0 saturated carbocycles. The van der Waals surface area contributed by atoms with Gasteiger partial charge >= 0.3 is 5.97 Å². The van der Waals surface area contributed by atoms with E-state index in [1.807, 2.05) is 91.0 Å². The van der Waals surface area contributed by atoms with Crippen LogP contribution in [0.15, 0.2) is 91.0 Å². The second-order valence-corrected chi connectivity index (χ2v) is 7.25. The maximum Gasteiger partial charge on any atom is 0.346 e. The molecule has 1 N–H and O–H groups in total. The Hall–Kier alpha value is -3.77. The summed E-state index contributed by atoms with van der Waals surface area (Å²) in [6.07, 6.45) is 0.114. The molecule has 31 heavy (non-hydrogen) atoms. The Bertz CT molecular complexity index is 956. The average Bonchev–Trinajstić information content (AvgIpc) is 3.14. The topological polar surface area (TPSA) is 75.7 Å². The van der Waals surface area contributed by atoms with Crippen molar-refractivity contribution in [2.24, 2.45) is 0 Å². The largest absolute Gasteiger partial charge is 0.346 e. The van der Waals surface area contributed by atoms with E-state index in [1.54, 1.807) is 0 Å². The summed E-state index contributed by atoms with van der Waals surface area (Å²) in [4.78, 5) is 41.3. The van der Waals surface area contributed by atoms with Crippen molar-refractivity contribution in [2.45, 2.75) is 18.4 Å². The first-order valence-corrected chi connectivity index (χ1v) is 10.1. The number of nitrogens with zero attached hydrogens (tertiary/aromatic N) is 1. The number of nitrogens with one attached hydrogen (secondary N) is 1. The molecule has 1 saturated heterocycles. The third kappa shape index (κ3) is 4.11. The number of carbonyl (C=O) groups excluding carboxylic acids is 3. The van der Waals surface area contributed by atoms with Crippen molar-refractivity contribution in [2.75, 3.05) is 6.54 Å². The zero-order valence-corrected chi connectivity index (χ0v) is 16.9. The minimum absolute atomic E-state index is 0.0571. The van der Waals surface area contributed by atoms with Gasteiger partial charge in [-0.3, -0.25) is 14.9 Å². The highest BCUT2D eigenvalue weighted by molar-refractivity contribution is 6.01. The summed E-state index contributed by atoms with van der Waals surface area (Å²) in [7, 11) is 0. The number of rotatable bonds is 7. The fourth-order valence-electron chi connectivity index (χ4n) is 3.87. The van der Waals surface area contributed by atoms with E-state index in [2.05, 4.69) is 5.32 Å². The molecule has 156 valence electrons. The van der Waals surface area contributed by atoms with Crippen LogP contribution >= 0.6 is 0 Å². The van der Waals surface area contributed by atoms with Crippen molar-refractivity contribution in [3.63, 3.8) is 0 Å². The summed E-state index contributed by atoms with van der Waals surface area (Å²) >= 11 is 0. The van der Waals surface area contributed by atoms with Gasteiger partial charge in [-0.05, 0) is 16.7 Å². The molecule has 0 atom stereocenters. The van der Waals surface area contributed by atoms with Gasteiger partial charge in [0.1, 0.15) is 0 Å². The number of hydroxylamine groups is 2. The first-order valence-electron chi connectivity index (χ1n) is 10.1. The first kappa shape index (κ1) is 20.5. The molecular formula is C25H22N2O4. The van der Waals surface area contributed by atoms with E-state index in [9.17, 15) is 14.4 Å². The predicted octanol–water partition coefficient (Wildman–Crippen LogP) is 3.18. The van der Waals surface area contributed by atoms with E-state index < -0.39 is 23.3 Å². The molecule has 4 rings (SSSR count). The van der Waals surface area contributed by atoms with Crippen LogP contribution in [-0.4, -0.2) is 29.4 Å². The van der Waals surface area contributed by atoms with Crippen LogP contribution in [0.25, 0.3) is 0 Å². The molecule has 0 spiro atoms. The highest BCUT2D eigenvalue weighted by Gasteiger charge is 2.38. The molecule has 3 aromatic rings. The molecular weight excluding hydrogens is 392 g/mol. The molecule has 0 aromatic heterocycles. The zero-order chi connectivity index (χ0) is 21.7. The Morgan fingerprint density at radius 2 is 1.13 bits per heavy atom. The Kier molecular flexibility index (Phi) is 5.91. The van der Waals surface area contributed by atoms with Crippen LogP contribution < -0.4 is 5.32 Å². The van der Waals surface area contributed by atoms with Crippen molar-refractivity contribution in [3.05, 3.63) is 108 Å². The molecule has 6 nitrogen and oxygen atoms in total. The molecule has 1 fully saturated rings. The Labute approximate surface area is 180 Å². The first-order chi connectivity index (χ1) is 15.1. The Morgan fingerprint density at radius 1 is 0.742 bits per heavy atom. The maximum atomic E-state index is 12.6. The molecule has 6 heteroatoms. The van der Waals surface area contributed by atoms with Gasteiger partial charge in [0.15, 0.2) is 0 Å². The highest BCUT2D eigenvalue weighted by atomic mass is 16.7. The molecule has 0 unspecified atom stereocenters. The fraction of sp³-hybridized carbons (Fsp3) is 0.160. The molecule has 1 aliphatic rings. The Balaban J connectivity index is 1.71. The van der Waals surface area contributed by atoms with Crippen LogP contribution in [-0.2, 0) is 24.8 Å². The number of imide groups is 1. The van der Waals surface area contributed by atoms with Crippen molar-refractivity contribution in [3.8, 4) is 0 Å². The number of benzene rings is 3. The Morgan fingerprint density at radius 3 is 1.52 bits per heavy atom. The fourth-order valence-corrected chi connectivity index (χ4v) is 3.87. The van der Waals surface area contributed by atoms with Crippen LogP contribution in [0.4, 0.5) is 0 Å². The molecule has 0 radical (unpaired) electrons. The lowest BCUT2D eigenvalue weighted by Gasteiger charge is -2.36. The van der Waals surface area contributed by atoms with E-state index in [0.29, 0.717) is 5.06 Å². The normalized spacial score (nSPS) is 14.0. The average molecular weight is 414 g/mol. The quantitative estimate of drug-likeness (QED) is 0.475. The number of hydrogen-bond acceptors (Lipinski definition) is 5. The minimum Gasteiger partial charge on any atom is -0.329 e. The molecule has 1 heterocycles. The third-order valence-corrected chi connectivity index (χ3v) is 5.32. The number of amides is 2. The van der Waals surface area contributed by atoms with Crippen LogP contribution in [0.1, 0.15) is 29.5 Å². The monoisotopic (exact) mass is 414 g/mol. The van der Waals surface area contributed by atoms with Crippen LogP contribution in [0.3, 0.4) is 0 Å². The van der Waals surface area contributed by atoms with Crippen LogP contribution in [0, 0.1) is 0 Å². The summed E-state index contributed by atoms with van der Waals surface area (Å²) in [6, 6.07) is 29.4. The maximum absolute atomic E-state index is 12.6. The van der Waals surface area contributed by atoms with Gasteiger partial charge in [0.2, 0.25) is 0 Å². The van der Waals surface area contributed by atoms with Crippen molar-refractivity contribution in [1.82, 2.24) is 10.4 Å². The van der Waals surface area contributed by atoms with Gasteiger partial charge in [-0.15, -0.1) is 5.06 Å². The number of carbonyl (C=O) groups is 3. The second kappa shape index (κ2) is 8.93. The molecule has 1 aliphatic heterocycles. The van der Waals surface area contributed by atoms with E-state index in [1.165, 1.54) is 0 Å². The smallest absolute Gasteiger partial charge is 0.329 e. The van der Waals surface area contributed by atoms with Gasteiger partial charge in [-0.1, -0.05) is 91.0 Å². The van der Waals surface area contributed by atoms with Gasteiger partial charge in [0.25, 0.3) is 11.8 Å². The SMILES string of the molecule is O=C(CNC(c1ccccc1)(c1ccccc1)c1ccccc1)ON1C(=O)CCC1=O. The van der Waals surface area contributed by atoms with Crippen molar-refractivity contribution < 1.29 is 19.2 Å². The van der Waals surface area contributed by atoms with E-state index in [0.717, 1.165) is 16.7 Å². The molecule has 2 amide bonds. The zero-order valence-electron chi connectivity index (χ0n) is 16.9. The lowest BCUT2D eigenvalue weighted by Crippen LogP contribution is -2.48.